The second-order valence-electron chi connectivity index (χ2n) is 9.66. The molecule has 0 radical (unpaired) electrons. The first-order valence-corrected chi connectivity index (χ1v) is 15.5. The van der Waals surface area contributed by atoms with Crippen LogP contribution in [0.5, 0.6) is 5.75 Å². The molecule has 0 saturated carbocycles. The minimum absolute atomic E-state index is 0.0429. The Morgan fingerprint density at radius 1 is 1.14 bits per heavy atom. The zero-order valence-electron chi connectivity index (χ0n) is 22.8. The van der Waals surface area contributed by atoms with Crippen molar-refractivity contribution in [2.45, 2.75) is 46.9 Å². The van der Waals surface area contributed by atoms with Gasteiger partial charge >= 0.3 is 5.69 Å². The van der Waals surface area contributed by atoms with Gasteiger partial charge in [0.1, 0.15) is 0 Å². The zero-order chi connectivity index (χ0) is 29.9. The van der Waals surface area contributed by atoms with E-state index < -0.39 is 32.0 Å². The van der Waals surface area contributed by atoms with Crippen LogP contribution >= 0.6 is 11.8 Å². The number of nitrogens with zero attached hydrogens (tertiary/aromatic N) is 5. The highest BCUT2D eigenvalue weighted by molar-refractivity contribution is 7.99. The van der Waals surface area contributed by atoms with Crippen LogP contribution in [0.3, 0.4) is 0 Å². The normalized spacial score (nSPS) is 13.6. The van der Waals surface area contributed by atoms with Crippen LogP contribution in [-0.2, 0) is 15.6 Å². The van der Waals surface area contributed by atoms with Crippen molar-refractivity contribution in [1.29, 1.82) is 0 Å². The van der Waals surface area contributed by atoms with Crippen LogP contribution in [0.2, 0.25) is 0 Å². The highest BCUT2D eigenvalue weighted by Crippen LogP contribution is 2.39. The SMILES string of the molecule is COc1c(Nc2cc(C)[nH]n2)nc(Sc2ccc(S(=O)(=O)Cc3cccc([N+](=O)[O-])c3F)cc2)nc1N1CCCCC1. The van der Waals surface area contributed by atoms with Crippen molar-refractivity contribution >= 4 is 44.7 Å². The van der Waals surface area contributed by atoms with Gasteiger partial charge in [-0.1, -0.05) is 12.1 Å². The monoisotopic (exact) mass is 613 g/mol. The molecule has 42 heavy (non-hydrogen) atoms. The Hall–Kier alpha value is -4.24. The fourth-order valence-electron chi connectivity index (χ4n) is 4.59. The number of nitrogens with one attached hydrogen (secondary N) is 2. The molecule has 1 saturated heterocycles. The Kier molecular flexibility index (Phi) is 8.59. The summed E-state index contributed by atoms with van der Waals surface area (Å²) < 4.78 is 46.3. The average molecular weight is 614 g/mol. The maximum atomic E-state index is 14.5. The lowest BCUT2D eigenvalue weighted by atomic mass is 10.1. The van der Waals surface area contributed by atoms with Crippen LogP contribution in [0.15, 0.2) is 63.5 Å². The van der Waals surface area contributed by atoms with Gasteiger partial charge in [-0.3, -0.25) is 15.2 Å². The van der Waals surface area contributed by atoms with Gasteiger partial charge in [-0.05, 0) is 62.2 Å². The number of rotatable bonds is 10. The highest BCUT2D eigenvalue weighted by Gasteiger charge is 2.25. The first-order valence-electron chi connectivity index (χ1n) is 13.1. The van der Waals surface area contributed by atoms with Crippen molar-refractivity contribution in [2.75, 3.05) is 30.4 Å². The fraction of sp³-hybridized carbons (Fsp3) is 0.296. The zero-order valence-corrected chi connectivity index (χ0v) is 24.5. The lowest BCUT2D eigenvalue weighted by Crippen LogP contribution is -2.31. The van der Waals surface area contributed by atoms with Gasteiger partial charge in [-0.2, -0.15) is 9.49 Å². The van der Waals surface area contributed by atoms with Gasteiger partial charge in [-0.25, -0.2) is 18.4 Å². The first-order chi connectivity index (χ1) is 20.1. The summed E-state index contributed by atoms with van der Waals surface area (Å²) in [6.07, 6.45) is 3.21. The number of sulfone groups is 1. The third kappa shape index (κ3) is 6.46. The molecule has 3 heterocycles. The van der Waals surface area contributed by atoms with E-state index in [1.807, 2.05) is 13.0 Å². The van der Waals surface area contributed by atoms with E-state index in [0.29, 0.717) is 33.3 Å². The Morgan fingerprint density at radius 2 is 1.88 bits per heavy atom. The Bertz CT molecular complexity index is 1710. The number of nitro benzene ring substituents is 1. The van der Waals surface area contributed by atoms with E-state index in [2.05, 4.69) is 25.4 Å². The molecule has 2 aromatic carbocycles. The van der Waals surface area contributed by atoms with Gasteiger partial charge in [0.25, 0.3) is 0 Å². The van der Waals surface area contributed by atoms with Crippen LogP contribution < -0.4 is 15.0 Å². The van der Waals surface area contributed by atoms with Crippen molar-refractivity contribution in [3.8, 4) is 5.75 Å². The van der Waals surface area contributed by atoms with Crippen molar-refractivity contribution in [1.82, 2.24) is 20.2 Å². The molecule has 0 atom stereocenters. The van der Waals surface area contributed by atoms with E-state index in [1.54, 1.807) is 19.2 Å². The summed E-state index contributed by atoms with van der Waals surface area (Å²) >= 11 is 1.24. The largest absolute Gasteiger partial charge is 0.490 e. The van der Waals surface area contributed by atoms with E-state index in [-0.39, 0.29) is 10.5 Å². The molecular weight excluding hydrogens is 585 g/mol. The summed E-state index contributed by atoms with van der Waals surface area (Å²) in [7, 11) is -2.42. The molecule has 0 amide bonds. The molecule has 0 spiro atoms. The topological polar surface area (TPSA) is 156 Å². The second kappa shape index (κ2) is 12.3. The number of methoxy groups -OCH3 is 1. The van der Waals surface area contributed by atoms with E-state index in [0.717, 1.165) is 44.1 Å². The maximum absolute atomic E-state index is 14.5. The number of hydrogen-bond donors (Lipinski definition) is 2. The maximum Gasteiger partial charge on any atom is 0.305 e. The Morgan fingerprint density at radius 3 is 2.52 bits per heavy atom. The molecule has 1 aliphatic rings. The van der Waals surface area contributed by atoms with Gasteiger partial charge in [0.2, 0.25) is 11.6 Å². The van der Waals surface area contributed by atoms with Crippen LogP contribution in [0, 0.1) is 22.9 Å². The number of hydrogen-bond acceptors (Lipinski definition) is 11. The van der Waals surface area contributed by atoms with Gasteiger partial charge in [-0.15, -0.1) is 0 Å². The number of anilines is 3. The van der Waals surface area contributed by atoms with Crippen LogP contribution in [0.4, 0.5) is 27.5 Å². The average Bonchev–Trinajstić information content (AvgIpc) is 3.38. The van der Waals surface area contributed by atoms with Crippen molar-refractivity contribution < 1.29 is 22.5 Å². The van der Waals surface area contributed by atoms with Crippen molar-refractivity contribution in [2.24, 2.45) is 0 Å². The van der Waals surface area contributed by atoms with Gasteiger partial charge < -0.3 is 15.0 Å². The molecule has 15 heteroatoms. The number of benzene rings is 2. The third-order valence-electron chi connectivity index (χ3n) is 6.63. The quantitative estimate of drug-likeness (QED) is 0.134. The fourth-order valence-corrected chi connectivity index (χ4v) is 6.69. The standard InChI is InChI=1S/C27H28FN7O5S2/c1-17-15-22(33-32-17)29-25-24(40-2)26(34-13-4-3-5-14-34)31-27(30-25)41-19-9-11-20(12-10-19)42(38,39)16-18-7-6-8-21(23(18)28)35(36)37/h6-12,15H,3-5,13-14,16H2,1-2H3,(H2,29,30,31,32,33). The number of halogens is 1. The number of H-pyrrole nitrogens is 1. The first kappa shape index (κ1) is 29.3. The molecule has 4 aromatic rings. The summed E-state index contributed by atoms with van der Waals surface area (Å²) in [6.45, 7) is 3.55. The summed E-state index contributed by atoms with van der Waals surface area (Å²) in [5.41, 5.74) is -0.166. The number of nitro groups is 1. The summed E-state index contributed by atoms with van der Waals surface area (Å²) in [6, 6.07) is 11.4. The number of piperidine rings is 1. The number of aromatic nitrogens is 4. The van der Waals surface area contributed by atoms with Gasteiger partial charge in [0.05, 0.1) is 22.7 Å². The van der Waals surface area contributed by atoms with E-state index in [1.165, 1.54) is 36.0 Å². The molecule has 220 valence electrons. The molecule has 0 aliphatic carbocycles. The minimum Gasteiger partial charge on any atom is -0.490 e. The van der Waals surface area contributed by atoms with E-state index in [4.69, 9.17) is 9.72 Å². The summed E-state index contributed by atoms with van der Waals surface area (Å²) in [4.78, 5) is 22.4. The Labute approximate surface area is 245 Å². The molecule has 2 N–H and O–H groups in total. The number of aromatic amines is 1. The second-order valence-corrected chi connectivity index (χ2v) is 12.7. The van der Waals surface area contributed by atoms with E-state index >= 15 is 0 Å². The Balaban J connectivity index is 1.41. The summed E-state index contributed by atoms with van der Waals surface area (Å²) in [5, 5.41) is 21.8. The lowest BCUT2D eigenvalue weighted by Gasteiger charge is -2.29. The predicted molar refractivity (Wildman–Crippen MR) is 156 cm³/mol. The molecule has 12 nitrogen and oxygen atoms in total. The molecular formula is C27H28FN7O5S2. The molecule has 0 bridgehead atoms. The highest BCUT2D eigenvalue weighted by atomic mass is 32.2. The van der Waals surface area contributed by atoms with Crippen molar-refractivity contribution in [3.05, 3.63) is 75.7 Å². The summed E-state index contributed by atoms with van der Waals surface area (Å²) in [5.74, 6) is 0.295. The van der Waals surface area contributed by atoms with Crippen LogP contribution in [0.25, 0.3) is 0 Å². The number of ether oxygens (including phenoxy) is 1. The molecule has 5 rings (SSSR count). The van der Waals surface area contributed by atoms with Crippen LogP contribution in [0.1, 0.15) is 30.5 Å². The smallest absolute Gasteiger partial charge is 0.305 e. The lowest BCUT2D eigenvalue weighted by molar-refractivity contribution is -0.387. The third-order valence-corrected chi connectivity index (χ3v) is 9.19. The molecule has 2 aromatic heterocycles. The van der Waals surface area contributed by atoms with Crippen LogP contribution in [-0.4, -0.2) is 53.7 Å². The predicted octanol–water partition coefficient (Wildman–Crippen LogP) is 5.42. The number of aryl methyl sites for hydroxylation is 1. The van der Waals surface area contributed by atoms with Crippen molar-refractivity contribution in [3.63, 3.8) is 0 Å². The van der Waals surface area contributed by atoms with Gasteiger partial charge in [0, 0.05) is 41.4 Å². The molecule has 1 fully saturated rings. The minimum atomic E-state index is -3.98. The van der Waals surface area contributed by atoms with E-state index in [9.17, 15) is 22.9 Å². The molecule has 0 unspecified atom stereocenters. The molecule has 1 aliphatic heterocycles. The van der Waals surface area contributed by atoms with Gasteiger partial charge in [0.15, 0.2) is 32.4 Å².